The average molecular weight is 286 g/mol. The second kappa shape index (κ2) is 6.65. The Morgan fingerprint density at radius 3 is 2.57 bits per heavy atom. The number of hydrogen-bond donors (Lipinski definition) is 1. The molecule has 0 radical (unpaired) electrons. The maximum absolute atomic E-state index is 9.70. The van der Waals surface area contributed by atoms with E-state index in [1.54, 1.807) is 0 Å². The zero-order valence-electron chi connectivity index (χ0n) is 12.7. The Hall–Kier alpha value is -1.28. The van der Waals surface area contributed by atoms with Gasteiger partial charge in [-0.2, -0.15) is 0 Å². The van der Waals surface area contributed by atoms with Gasteiger partial charge in [-0.25, -0.2) is 0 Å². The van der Waals surface area contributed by atoms with Crippen LogP contribution in [0, 0.1) is 11.8 Å². The summed E-state index contributed by atoms with van der Waals surface area (Å²) in [5.41, 5.74) is 1.08. The molecular formula is C19H26O2. The third-order valence-corrected chi connectivity index (χ3v) is 5.33. The number of rotatable bonds is 5. The molecule has 4 unspecified atom stereocenters. The van der Waals surface area contributed by atoms with Crippen LogP contribution in [0.15, 0.2) is 42.7 Å². The van der Waals surface area contributed by atoms with E-state index in [1.807, 2.05) is 30.3 Å². The van der Waals surface area contributed by atoms with Gasteiger partial charge in [-0.05, 0) is 49.5 Å². The fraction of sp³-hybridized carbons (Fsp3) is 0.579. The van der Waals surface area contributed by atoms with Crippen LogP contribution in [-0.4, -0.2) is 17.8 Å². The molecule has 2 heteroatoms. The monoisotopic (exact) mass is 286 g/mol. The molecular weight excluding hydrogens is 260 g/mol. The lowest BCUT2D eigenvalue weighted by Crippen LogP contribution is -2.28. The largest absolute Gasteiger partial charge is 0.495 e. The molecule has 1 N–H and O–H groups in total. The summed E-state index contributed by atoms with van der Waals surface area (Å²) in [6.45, 7) is 4.16. The van der Waals surface area contributed by atoms with Gasteiger partial charge in [0.05, 0.1) is 24.4 Å². The van der Waals surface area contributed by atoms with Crippen molar-refractivity contribution in [2.24, 2.45) is 11.8 Å². The van der Waals surface area contributed by atoms with E-state index in [9.17, 15) is 5.11 Å². The first-order valence-electron chi connectivity index (χ1n) is 8.29. The van der Waals surface area contributed by atoms with E-state index in [0.717, 1.165) is 29.6 Å². The molecule has 0 saturated heterocycles. The van der Waals surface area contributed by atoms with Crippen molar-refractivity contribution >= 4 is 0 Å². The summed E-state index contributed by atoms with van der Waals surface area (Å²) in [7, 11) is 0. The molecule has 2 saturated carbocycles. The van der Waals surface area contributed by atoms with Crippen LogP contribution >= 0.6 is 0 Å². The van der Waals surface area contributed by atoms with E-state index in [4.69, 9.17) is 4.74 Å². The lowest BCUT2D eigenvalue weighted by atomic mass is 9.71. The van der Waals surface area contributed by atoms with Crippen LogP contribution < -0.4 is 0 Å². The van der Waals surface area contributed by atoms with Crippen LogP contribution in [0.2, 0.25) is 0 Å². The first-order chi connectivity index (χ1) is 10.3. The van der Waals surface area contributed by atoms with Gasteiger partial charge >= 0.3 is 0 Å². The third-order valence-electron chi connectivity index (χ3n) is 5.33. The highest BCUT2D eigenvalue weighted by atomic mass is 16.5. The minimum atomic E-state index is -0.105. The number of aliphatic hydroxyl groups excluding tert-OH is 1. The van der Waals surface area contributed by atoms with Crippen LogP contribution in [0.1, 0.15) is 50.0 Å². The highest BCUT2D eigenvalue weighted by Crippen LogP contribution is 2.44. The van der Waals surface area contributed by atoms with Gasteiger partial charge in [-0.3, -0.25) is 0 Å². The Morgan fingerprint density at radius 2 is 1.90 bits per heavy atom. The zero-order valence-corrected chi connectivity index (χ0v) is 12.7. The third kappa shape index (κ3) is 3.32. The summed E-state index contributed by atoms with van der Waals surface area (Å²) in [5.74, 6) is 2.45. The van der Waals surface area contributed by atoms with Crippen LogP contribution in [0.25, 0.3) is 0 Å². The highest BCUT2D eigenvalue weighted by Gasteiger charge is 2.35. The Kier molecular flexibility index (Phi) is 4.64. The quantitative estimate of drug-likeness (QED) is 0.819. The van der Waals surface area contributed by atoms with Gasteiger partial charge in [0.25, 0.3) is 0 Å². The van der Waals surface area contributed by atoms with Crippen LogP contribution in [0.5, 0.6) is 0 Å². The molecule has 0 heterocycles. The molecule has 1 aromatic rings. The molecule has 0 bridgehead atoms. The minimum Gasteiger partial charge on any atom is -0.495 e. The first kappa shape index (κ1) is 14.6. The molecule has 0 aliphatic heterocycles. The Bertz CT molecular complexity index is 468. The summed E-state index contributed by atoms with van der Waals surface area (Å²) in [6, 6.07) is 10.0. The van der Waals surface area contributed by atoms with Gasteiger partial charge in [0, 0.05) is 0 Å². The van der Waals surface area contributed by atoms with E-state index in [2.05, 4.69) is 6.58 Å². The molecule has 3 rings (SSSR count). The zero-order chi connectivity index (χ0) is 14.7. The smallest absolute Gasteiger partial charge is 0.0990 e. The lowest BCUT2D eigenvalue weighted by molar-refractivity contribution is 0.0524. The predicted molar refractivity (Wildman–Crippen MR) is 85.0 cm³/mol. The summed E-state index contributed by atoms with van der Waals surface area (Å²) >= 11 is 0. The van der Waals surface area contributed by atoms with E-state index in [-0.39, 0.29) is 12.5 Å². The Labute approximate surface area is 127 Å². The van der Waals surface area contributed by atoms with Crippen molar-refractivity contribution in [2.75, 3.05) is 6.61 Å². The maximum atomic E-state index is 9.70. The summed E-state index contributed by atoms with van der Waals surface area (Å²) in [4.78, 5) is 0. The second-order valence-electron chi connectivity index (χ2n) is 6.62. The van der Waals surface area contributed by atoms with E-state index >= 15 is 0 Å². The van der Waals surface area contributed by atoms with Crippen LogP contribution in [0.4, 0.5) is 0 Å². The van der Waals surface area contributed by atoms with E-state index in [0.29, 0.717) is 6.10 Å². The summed E-state index contributed by atoms with van der Waals surface area (Å²) in [5, 5.41) is 9.70. The van der Waals surface area contributed by atoms with Crippen molar-refractivity contribution in [3.05, 3.63) is 48.2 Å². The maximum Gasteiger partial charge on any atom is 0.0990 e. The van der Waals surface area contributed by atoms with Gasteiger partial charge in [-0.1, -0.05) is 43.3 Å². The topological polar surface area (TPSA) is 29.5 Å². The van der Waals surface area contributed by atoms with Crippen LogP contribution in [-0.2, 0) is 4.74 Å². The molecule has 0 aromatic heterocycles. The highest BCUT2D eigenvalue weighted by molar-refractivity contribution is 5.25. The summed E-state index contributed by atoms with van der Waals surface area (Å²) < 4.78 is 6.18. The lowest BCUT2D eigenvalue weighted by Gasteiger charge is -2.36. The van der Waals surface area contributed by atoms with E-state index < -0.39 is 0 Å². The molecule has 2 fully saturated rings. The normalized spacial score (nSPS) is 29.7. The number of hydrogen-bond acceptors (Lipinski definition) is 2. The molecule has 2 aliphatic carbocycles. The van der Waals surface area contributed by atoms with Crippen molar-refractivity contribution in [1.29, 1.82) is 0 Å². The SMILES string of the molecule is C=C(OC1CCCC2CCC2C1)C(CO)c1ccccc1. The Balaban J connectivity index is 1.61. The number of aliphatic hydroxyl groups is 1. The van der Waals surface area contributed by atoms with Gasteiger partial charge in [0.15, 0.2) is 0 Å². The predicted octanol–water partition coefficient (Wildman–Crippen LogP) is 4.26. The average Bonchev–Trinajstić information content (AvgIpc) is 2.61. The molecule has 114 valence electrons. The molecule has 2 nitrogen and oxygen atoms in total. The number of benzene rings is 1. The van der Waals surface area contributed by atoms with Gasteiger partial charge < -0.3 is 9.84 Å². The number of ether oxygens (including phenoxy) is 1. The van der Waals surface area contributed by atoms with Gasteiger partial charge in [0.1, 0.15) is 0 Å². The number of fused-ring (bicyclic) bond motifs is 1. The Morgan fingerprint density at radius 1 is 1.14 bits per heavy atom. The fourth-order valence-electron chi connectivity index (χ4n) is 3.87. The molecule has 0 spiro atoms. The van der Waals surface area contributed by atoms with E-state index in [1.165, 1.54) is 32.1 Å². The van der Waals surface area contributed by atoms with Crippen molar-refractivity contribution in [3.8, 4) is 0 Å². The molecule has 1 aromatic carbocycles. The van der Waals surface area contributed by atoms with Crippen LogP contribution in [0.3, 0.4) is 0 Å². The van der Waals surface area contributed by atoms with Crippen molar-refractivity contribution in [1.82, 2.24) is 0 Å². The van der Waals surface area contributed by atoms with Gasteiger partial charge in [-0.15, -0.1) is 0 Å². The standard InChI is InChI=1S/C19H26O2/c1-14(19(13-20)16-6-3-2-4-7-16)21-18-9-5-8-15-10-11-17(15)12-18/h2-4,6-7,15,17-20H,1,5,8-13H2. The molecule has 2 aliphatic rings. The van der Waals surface area contributed by atoms with Gasteiger partial charge in [0.2, 0.25) is 0 Å². The molecule has 4 atom stereocenters. The molecule has 21 heavy (non-hydrogen) atoms. The fourth-order valence-corrected chi connectivity index (χ4v) is 3.87. The minimum absolute atomic E-state index is 0.0572. The van der Waals surface area contributed by atoms with Crippen molar-refractivity contribution in [2.45, 2.75) is 50.5 Å². The molecule has 0 amide bonds. The second-order valence-corrected chi connectivity index (χ2v) is 6.62. The first-order valence-corrected chi connectivity index (χ1v) is 8.29. The van der Waals surface area contributed by atoms with Crippen molar-refractivity contribution < 1.29 is 9.84 Å². The van der Waals surface area contributed by atoms with Crippen molar-refractivity contribution in [3.63, 3.8) is 0 Å². The summed E-state index contributed by atoms with van der Waals surface area (Å²) in [6.07, 6.45) is 8.05.